The van der Waals surface area contributed by atoms with E-state index >= 15 is 0 Å². The highest BCUT2D eigenvalue weighted by Crippen LogP contribution is 2.15. The summed E-state index contributed by atoms with van der Waals surface area (Å²) in [4.78, 5) is 10.9. The molecule has 0 unspecified atom stereocenters. The van der Waals surface area contributed by atoms with Crippen molar-refractivity contribution in [2.75, 3.05) is 12.8 Å². The molecule has 3 nitrogen and oxygen atoms in total. The van der Waals surface area contributed by atoms with E-state index in [0.29, 0.717) is 11.5 Å². The van der Waals surface area contributed by atoms with Crippen molar-refractivity contribution in [1.29, 1.82) is 5.26 Å². The Labute approximate surface area is 97.6 Å². The minimum absolute atomic E-state index is 0.0399. The van der Waals surface area contributed by atoms with Crippen LogP contribution in [0.2, 0.25) is 0 Å². The maximum Gasteiger partial charge on any atom is 0.229 e. The van der Waals surface area contributed by atoms with Gasteiger partial charge in [-0.3, -0.25) is 4.79 Å². The van der Waals surface area contributed by atoms with Crippen molar-refractivity contribution in [3.63, 3.8) is 0 Å². The van der Waals surface area contributed by atoms with Gasteiger partial charge in [0.15, 0.2) is 0 Å². The molecule has 1 amide bonds. The SMILES string of the molecule is CNC(=O)CSCc1ccc(F)c(C#N)c1. The number of carbonyl (C=O) groups excluding carboxylic acids is 1. The molecule has 0 fully saturated rings. The van der Waals surface area contributed by atoms with Gasteiger partial charge in [-0.1, -0.05) is 6.07 Å². The van der Waals surface area contributed by atoms with Crippen LogP contribution in [0, 0.1) is 17.1 Å². The average Bonchev–Trinajstić information content (AvgIpc) is 2.31. The molecule has 84 valence electrons. The van der Waals surface area contributed by atoms with E-state index in [4.69, 9.17) is 5.26 Å². The highest BCUT2D eigenvalue weighted by molar-refractivity contribution is 7.99. The summed E-state index contributed by atoms with van der Waals surface area (Å²) in [7, 11) is 1.58. The van der Waals surface area contributed by atoms with Crippen LogP contribution in [0.3, 0.4) is 0 Å². The van der Waals surface area contributed by atoms with Gasteiger partial charge in [0, 0.05) is 12.8 Å². The molecule has 0 atom stereocenters. The molecule has 1 rings (SSSR count). The van der Waals surface area contributed by atoms with Gasteiger partial charge in [-0.05, 0) is 17.7 Å². The van der Waals surface area contributed by atoms with Crippen molar-refractivity contribution in [1.82, 2.24) is 5.32 Å². The Balaban J connectivity index is 2.55. The van der Waals surface area contributed by atoms with Crippen LogP contribution in [-0.2, 0) is 10.5 Å². The highest BCUT2D eigenvalue weighted by Gasteiger charge is 2.04. The molecule has 0 radical (unpaired) electrons. The summed E-state index contributed by atoms with van der Waals surface area (Å²) >= 11 is 1.42. The van der Waals surface area contributed by atoms with Crippen molar-refractivity contribution in [3.8, 4) is 6.07 Å². The first kappa shape index (κ1) is 12.5. The molecule has 0 saturated heterocycles. The molecule has 0 aliphatic rings. The molecule has 0 saturated carbocycles. The lowest BCUT2D eigenvalue weighted by atomic mass is 10.1. The molecule has 0 aromatic heterocycles. The van der Waals surface area contributed by atoms with Crippen molar-refractivity contribution >= 4 is 17.7 Å². The minimum atomic E-state index is -0.512. The third kappa shape index (κ3) is 3.55. The van der Waals surface area contributed by atoms with E-state index in [9.17, 15) is 9.18 Å². The van der Waals surface area contributed by atoms with Crippen LogP contribution in [0.1, 0.15) is 11.1 Å². The van der Waals surface area contributed by atoms with Crippen LogP contribution < -0.4 is 5.32 Å². The summed E-state index contributed by atoms with van der Waals surface area (Å²) in [5.41, 5.74) is 0.880. The number of rotatable bonds is 4. The molecule has 0 aliphatic carbocycles. The van der Waals surface area contributed by atoms with Gasteiger partial charge in [0.05, 0.1) is 11.3 Å². The maximum absolute atomic E-state index is 13.0. The van der Waals surface area contributed by atoms with E-state index in [1.165, 1.54) is 23.9 Å². The molecule has 1 N–H and O–H groups in total. The van der Waals surface area contributed by atoms with Gasteiger partial charge in [-0.25, -0.2) is 4.39 Å². The van der Waals surface area contributed by atoms with Crippen LogP contribution in [-0.4, -0.2) is 18.7 Å². The number of benzene rings is 1. The second-order valence-electron chi connectivity index (χ2n) is 3.09. The summed E-state index contributed by atoms with van der Waals surface area (Å²) in [6, 6.07) is 6.18. The lowest BCUT2D eigenvalue weighted by Crippen LogP contribution is -2.19. The second kappa shape index (κ2) is 6.13. The summed E-state index contributed by atoms with van der Waals surface area (Å²) in [5.74, 6) is 0.383. The third-order valence-corrected chi connectivity index (χ3v) is 2.94. The zero-order chi connectivity index (χ0) is 12.0. The van der Waals surface area contributed by atoms with Gasteiger partial charge in [0.2, 0.25) is 5.91 Å². The first-order valence-corrected chi connectivity index (χ1v) is 5.79. The predicted molar refractivity (Wildman–Crippen MR) is 61.3 cm³/mol. The Kier molecular flexibility index (Phi) is 4.80. The van der Waals surface area contributed by atoms with Crippen LogP contribution >= 0.6 is 11.8 Å². The Hall–Kier alpha value is -1.54. The lowest BCUT2D eigenvalue weighted by molar-refractivity contribution is -0.118. The number of hydrogen-bond acceptors (Lipinski definition) is 3. The van der Waals surface area contributed by atoms with E-state index < -0.39 is 5.82 Å². The monoisotopic (exact) mass is 238 g/mol. The Morgan fingerprint density at radius 1 is 1.62 bits per heavy atom. The van der Waals surface area contributed by atoms with Crippen molar-refractivity contribution in [2.45, 2.75) is 5.75 Å². The normalized spacial score (nSPS) is 9.56. The average molecular weight is 238 g/mol. The number of amides is 1. The first-order chi connectivity index (χ1) is 7.67. The lowest BCUT2D eigenvalue weighted by Gasteiger charge is -2.02. The largest absolute Gasteiger partial charge is 0.358 e. The molecule has 0 bridgehead atoms. The van der Waals surface area contributed by atoms with Crippen molar-refractivity contribution in [3.05, 3.63) is 35.1 Å². The standard InChI is InChI=1S/C11H11FN2OS/c1-14-11(15)7-16-6-8-2-3-10(12)9(4-8)5-13/h2-4H,6-7H2,1H3,(H,14,15). The zero-order valence-corrected chi connectivity index (χ0v) is 9.60. The van der Waals surface area contributed by atoms with E-state index in [1.807, 2.05) is 0 Å². The Morgan fingerprint density at radius 3 is 3.00 bits per heavy atom. The molecule has 1 aromatic carbocycles. The van der Waals surface area contributed by atoms with Crippen molar-refractivity contribution in [2.24, 2.45) is 0 Å². The zero-order valence-electron chi connectivity index (χ0n) is 8.79. The van der Waals surface area contributed by atoms with E-state index in [2.05, 4.69) is 5.32 Å². The summed E-state index contributed by atoms with van der Waals surface area (Å²) in [6.07, 6.45) is 0. The number of halogens is 1. The molecule has 0 heterocycles. The van der Waals surface area contributed by atoms with Crippen LogP contribution in [0.4, 0.5) is 4.39 Å². The smallest absolute Gasteiger partial charge is 0.229 e. The number of nitrogens with zero attached hydrogens (tertiary/aromatic N) is 1. The Bertz CT molecular complexity index is 428. The molecule has 0 spiro atoms. The second-order valence-corrected chi connectivity index (χ2v) is 4.08. The molecule has 1 aromatic rings. The third-order valence-electron chi connectivity index (χ3n) is 1.93. The summed E-state index contributed by atoms with van der Waals surface area (Å²) < 4.78 is 13.0. The fourth-order valence-electron chi connectivity index (χ4n) is 1.08. The number of thioether (sulfide) groups is 1. The summed E-state index contributed by atoms with van der Waals surface area (Å²) in [6.45, 7) is 0. The number of nitriles is 1. The molecule has 0 aliphatic heterocycles. The fourth-order valence-corrected chi connectivity index (χ4v) is 1.93. The number of carbonyl (C=O) groups is 1. The Morgan fingerprint density at radius 2 is 2.38 bits per heavy atom. The van der Waals surface area contributed by atoms with Gasteiger partial charge >= 0.3 is 0 Å². The van der Waals surface area contributed by atoms with E-state index in [0.717, 1.165) is 5.56 Å². The van der Waals surface area contributed by atoms with Crippen molar-refractivity contribution < 1.29 is 9.18 Å². The fraction of sp³-hybridized carbons (Fsp3) is 0.273. The molecular weight excluding hydrogens is 227 g/mol. The van der Waals surface area contributed by atoms with Gasteiger partial charge in [-0.15, -0.1) is 11.8 Å². The van der Waals surface area contributed by atoms with Gasteiger partial charge in [0.1, 0.15) is 11.9 Å². The molecular formula is C11H11FN2OS. The summed E-state index contributed by atoms with van der Waals surface area (Å²) in [5, 5.41) is 11.1. The van der Waals surface area contributed by atoms with Crippen LogP contribution in [0.25, 0.3) is 0 Å². The van der Waals surface area contributed by atoms with Gasteiger partial charge in [0.25, 0.3) is 0 Å². The van der Waals surface area contributed by atoms with Crippen LogP contribution in [0.5, 0.6) is 0 Å². The van der Waals surface area contributed by atoms with E-state index in [-0.39, 0.29) is 11.5 Å². The minimum Gasteiger partial charge on any atom is -0.358 e. The first-order valence-electron chi connectivity index (χ1n) is 4.64. The topological polar surface area (TPSA) is 52.9 Å². The number of nitrogens with one attached hydrogen (secondary N) is 1. The van der Waals surface area contributed by atoms with E-state index in [1.54, 1.807) is 19.2 Å². The quantitative estimate of drug-likeness (QED) is 0.868. The highest BCUT2D eigenvalue weighted by atomic mass is 32.2. The molecule has 5 heteroatoms. The number of hydrogen-bond donors (Lipinski definition) is 1. The van der Waals surface area contributed by atoms with Crippen LogP contribution in [0.15, 0.2) is 18.2 Å². The molecule has 16 heavy (non-hydrogen) atoms. The maximum atomic E-state index is 13.0. The van der Waals surface area contributed by atoms with Gasteiger partial charge in [-0.2, -0.15) is 5.26 Å². The predicted octanol–water partition coefficient (Wildman–Crippen LogP) is 1.68. The van der Waals surface area contributed by atoms with Gasteiger partial charge < -0.3 is 5.32 Å².